The van der Waals surface area contributed by atoms with Gasteiger partial charge in [-0.25, -0.2) is 0 Å². The second-order valence-corrected chi connectivity index (χ2v) is 6.24. The highest BCUT2D eigenvalue weighted by Gasteiger charge is 2.24. The lowest BCUT2D eigenvalue weighted by molar-refractivity contribution is 0.0743. The summed E-state index contributed by atoms with van der Waals surface area (Å²) in [7, 11) is 0. The second-order valence-electron chi connectivity index (χ2n) is 5.83. The van der Waals surface area contributed by atoms with Gasteiger partial charge in [-0.2, -0.15) is 0 Å². The maximum absolute atomic E-state index is 12.7. The number of benzene rings is 1. The summed E-state index contributed by atoms with van der Waals surface area (Å²) in [5, 5.41) is 0.443. The Bertz CT molecular complexity index is 547. The van der Waals surface area contributed by atoms with Crippen LogP contribution in [0.15, 0.2) is 12.1 Å². The molecule has 0 aromatic heterocycles. The number of nitrogens with zero attached hydrogens (tertiary/aromatic N) is 1. The molecule has 1 saturated heterocycles. The predicted molar refractivity (Wildman–Crippen MR) is 81.4 cm³/mol. The van der Waals surface area contributed by atoms with Crippen LogP contribution < -0.4 is 9.47 Å². The Morgan fingerprint density at radius 3 is 2.95 bits per heavy atom. The van der Waals surface area contributed by atoms with Crippen LogP contribution in [0.1, 0.15) is 36.5 Å². The standard InChI is InChI=1S/C16H20ClNO3/c1-11-4-2-3-5-18(10-11)16(19)12-8-13(17)15-14(9-12)20-6-7-21-15/h8-9,11H,2-7,10H2,1H3. The Morgan fingerprint density at radius 1 is 1.29 bits per heavy atom. The summed E-state index contributed by atoms with van der Waals surface area (Å²) in [4.78, 5) is 14.6. The highest BCUT2D eigenvalue weighted by atomic mass is 35.5. The monoisotopic (exact) mass is 309 g/mol. The number of fused-ring (bicyclic) bond motifs is 1. The van der Waals surface area contributed by atoms with Crippen LogP contribution in [0.3, 0.4) is 0 Å². The van der Waals surface area contributed by atoms with E-state index in [2.05, 4.69) is 6.92 Å². The first-order valence-corrected chi connectivity index (χ1v) is 7.91. The van der Waals surface area contributed by atoms with E-state index in [0.717, 1.165) is 19.5 Å². The lowest BCUT2D eigenvalue weighted by Gasteiger charge is -2.24. The van der Waals surface area contributed by atoms with E-state index in [1.54, 1.807) is 12.1 Å². The molecule has 2 heterocycles. The molecule has 4 nitrogen and oxygen atoms in total. The molecule has 0 radical (unpaired) electrons. The quantitative estimate of drug-likeness (QED) is 0.798. The van der Waals surface area contributed by atoms with Crippen molar-refractivity contribution < 1.29 is 14.3 Å². The molecule has 0 saturated carbocycles. The van der Waals surface area contributed by atoms with Crippen molar-refractivity contribution in [3.8, 4) is 11.5 Å². The number of carbonyl (C=O) groups is 1. The Hall–Kier alpha value is -1.42. The van der Waals surface area contributed by atoms with Crippen LogP contribution in [-0.2, 0) is 0 Å². The van der Waals surface area contributed by atoms with Gasteiger partial charge in [0.05, 0.1) is 5.02 Å². The van der Waals surface area contributed by atoms with Crippen molar-refractivity contribution >= 4 is 17.5 Å². The van der Waals surface area contributed by atoms with Gasteiger partial charge in [-0.3, -0.25) is 4.79 Å². The van der Waals surface area contributed by atoms with E-state index in [1.807, 2.05) is 4.90 Å². The van der Waals surface area contributed by atoms with Gasteiger partial charge in [-0.15, -0.1) is 0 Å². The average Bonchev–Trinajstić information content (AvgIpc) is 2.71. The van der Waals surface area contributed by atoms with Crippen LogP contribution in [0.25, 0.3) is 0 Å². The number of likely N-dealkylation sites (tertiary alicyclic amines) is 1. The number of hydrogen-bond acceptors (Lipinski definition) is 3. The van der Waals surface area contributed by atoms with Crippen LogP contribution in [-0.4, -0.2) is 37.1 Å². The lowest BCUT2D eigenvalue weighted by Crippen LogP contribution is -2.34. The smallest absolute Gasteiger partial charge is 0.254 e. The van der Waals surface area contributed by atoms with Crippen molar-refractivity contribution in [1.29, 1.82) is 0 Å². The van der Waals surface area contributed by atoms with E-state index >= 15 is 0 Å². The molecule has 1 fully saturated rings. The fraction of sp³-hybridized carbons (Fsp3) is 0.562. The van der Waals surface area contributed by atoms with E-state index in [0.29, 0.717) is 41.2 Å². The number of hydrogen-bond donors (Lipinski definition) is 0. The lowest BCUT2D eigenvalue weighted by atomic mass is 10.1. The normalized spacial score (nSPS) is 21.8. The first kappa shape index (κ1) is 14.5. The van der Waals surface area contributed by atoms with E-state index in [-0.39, 0.29) is 5.91 Å². The highest BCUT2D eigenvalue weighted by Crippen LogP contribution is 2.38. The summed E-state index contributed by atoms with van der Waals surface area (Å²) >= 11 is 6.22. The average molecular weight is 310 g/mol. The molecular weight excluding hydrogens is 290 g/mol. The summed E-state index contributed by atoms with van der Waals surface area (Å²) < 4.78 is 11.0. The first-order chi connectivity index (χ1) is 10.1. The van der Waals surface area contributed by atoms with Crippen LogP contribution in [0.5, 0.6) is 11.5 Å². The summed E-state index contributed by atoms with van der Waals surface area (Å²) in [5.41, 5.74) is 0.582. The van der Waals surface area contributed by atoms with Crippen LogP contribution in [0.4, 0.5) is 0 Å². The maximum atomic E-state index is 12.7. The maximum Gasteiger partial charge on any atom is 0.254 e. The molecule has 2 aliphatic rings. The molecule has 21 heavy (non-hydrogen) atoms. The molecular formula is C16H20ClNO3. The number of carbonyl (C=O) groups excluding carboxylic acids is 1. The summed E-state index contributed by atoms with van der Waals surface area (Å²) in [6.07, 6.45) is 3.44. The topological polar surface area (TPSA) is 38.8 Å². The minimum atomic E-state index is 0.0302. The number of ether oxygens (including phenoxy) is 2. The fourth-order valence-electron chi connectivity index (χ4n) is 2.96. The van der Waals surface area contributed by atoms with Gasteiger partial charge in [0.25, 0.3) is 5.91 Å². The van der Waals surface area contributed by atoms with Gasteiger partial charge in [0.1, 0.15) is 13.2 Å². The molecule has 3 rings (SSSR count). The third-order valence-corrected chi connectivity index (χ3v) is 4.32. The summed E-state index contributed by atoms with van der Waals surface area (Å²) in [6.45, 7) is 4.80. The molecule has 5 heteroatoms. The van der Waals surface area contributed by atoms with E-state index in [1.165, 1.54) is 12.8 Å². The minimum absolute atomic E-state index is 0.0302. The first-order valence-electron chi connectivity index (χ1n) is 7.53. The molecule has 1 amide bonds. The van der Waals surface area contributed by atoms with Crippen molar-refractivity contribution in [2.45, 2.75) is 26.2 Å². The predicted octanol–water partition coefficient (Wildman–Crippen LogP) is 3.37. The van der Waals surface area contributed by atoms with Crippen LogP contribution >= 0.6 is 11.6 Å². The number of rotatable bonds is 1. The highest BCUT2D eigenvalue weighted by molar-refractivity contribution is 6.32. The van der Waals surface area contributed by atoms with Crippen molar-refractivity contribution in [1.82, 2.24) is 4.90 Å². The Morgan fingerprint density at radius 2 is 2.10 bits per heavy atom. The zero-order valence-corrected chi connectivity index (χ0v) is 13.0. The molecule has 0 N–H and O–H groups in total. The molecule has 0 spiro atoms. The molecule has 1 aromatic carbocycles. The van der Waals surface area contributed by atoms with Crippen molar-refractivity contribution in [3.05, 3.63) is 22.7 Å². The fourth-order valence-corrected chi connectivity index (χ4v) is 3.22. The summed E-state index contributed by atoms with van der Waals surface area (Å²) in [6, 6.07) is 3.44. The molecule has 1 unspecified atom stereocenters. The largest absolute Gasteiger partial charge is 0.486 e. The van der Waals surface area contributed by atoms with Crippen molar-refractivity contribution in [3.63, 3.8) is 0 Å². The summed E-state index contributed by atoms with van der Waals surface area (Å²) in [5.74, 6) is 1.69. The van der Waals surface area contributed by atoms with Crippen LogP contribution in [0, 0.1) is 5.92 Å². The van der Waals surface area contributed by atoms with Gasteiger partial charge in [0, 0.05) is 18.7 Å². The van der Waals surface area contributed by atoms with Gasteiger partial charge >= 0.3 is 0 Å². The minimum Gasteiger partial charge on any atom is -0.486 e. The number of halogens is 1. The van der Waals surface area contributed by atoms with Gasteiger partial charge < -0.3 is 14.4 Å². The van der Waals surface area contributed by atoms with Crippen molar-refractivity contribution in [2.24, 2.45) is 5.92 Å². The van der Waals surface area contributed by atoms with E-state index in [9.17, 15) is 4.79 Å². The van der Waals surface area contributed by atoms with Gasteiger partial charge in [0.2, 0.25) is 0 Å². The third kappa shape index (κ3) is 3.10. The van der Waals surface area contributed by atoms with Crippen molar-refractivity contribution in [2.75, 3.05) is 26.3 Å². The second kappa shape index (κ2) is 6.14. The van der Waals surface area contributed by atoms with Gasteiger partial charge in [0.15, 0.2) is 11.5 Å². The molecule has 114 valence electrons. The molecule has 0 bridgehead atoms. The zero-order valence-electron chi connectivity index (χ0n) is 12.2. The van der Waals surface area contributed by atoms with Gasteiger partial charge in [-0.1, -0.05) is 24.9 Å². The Kier molecular flexibility index (Phi) is 4.24. The molecule has 1 atom stereocenters. The third-order valence-electron chi connectivity index (χ3n) is 4.04. The van der Waals surface area contributed by atoms with E-state index < -0.39 is 0 Å². The zero-order chi connectivity index (χ0) is 14.8. The van der Waals surface area contributed by atoms with Gasteiger partial charge in [-0.05, 0) is 30.9 Å². The van der Waals surface area contributed by atoms with Crippen LogP contribution in [0.2, 0.25) is 5.02 Å². The SMILES string of the molecule is CC1CCCCN(C(=O)c2cc(Cl)c3c(c2)OCCO3)C1. The number of amides is 1. The Labute approximate surface area is 130 Å². The Balaban J connectivity index is 1.85. The molecule has 0 aliphatic carbocycles. The molecule has 1 aromatic rings. The van der Waals surface area contributed by atoms with E-state index in [4.69, 9.17) is 21.1 Å². The molecule has 2 aliphatic heterocycles.